The van der Waals surface area contributed by atoms with Crippen molar-refractivity contribution in [3.63, 3.8) is 0 Å². The van der Waals surface area contributed by atoms with Crippen LogP contribution in [0.5, 0.6) is 5.75 Å². The molecule has 0 bridgehead atoms. The Bertz CT molecular complexity index is 760. The van der Waals surface area contributed by atoms with E-state index in [1.807, 2.05) is 38.4 Å². The van der Waals surface area contributed by atoms with Crippen LogP contribution >= 0.6 is 0 Å². The van der Waals surface area contributed by atoms with E-state index in [0.717, 1.165) is 56.7 Å². The average molecular weight is 397 g/mol. The second-order valence-electron chi connectivity index (χ2n) is 7.15. The average Bonchev–Trinajstić information content (AvgIpc) is 2.76. The molecule has 0 aromatic heterocycles. The van der Waals surface area contributed by atoms with Crippen molar-refractivity contribution in [2.45, 2.75) is 13.1 Å². The Balaban J connectivity index is 1.51. The fourth-order valence-electron chi connectivity index (χ4n) is 3.39. The molecule has 1 saturated heterocycles. The van der Waals surface area contributed by atoms with E-state index >= 15 is 0 Å². The van der Waals surface area contributed by atoms with Crippen molar-refractivity contribution in [2.24, 2.45) is 4.99 Å². The normalized spacial score (nSPS) is 15.2. The molecule has 3 rings (SSSR count). The van der Waals surface area contributed by atoms with Crippen molar-refractivity contribution < 1.29 is 9.47 Å². The van der Waals surface area contributed by atoms with Crippen LogP contribution in [0, 0.1) is 0 Å². The van der Waals surface area contributed by atoms with Gasteiger partial charge in [0.05, 0.1) is 13.2 Å². The minimum Gasteiger partial charge on any atom is -0.492 e. The Morgan fingerprint density at radius 1 is 1.10 bits per heavy atom. The van der Waals surface area contributed by atoms with E-state index in [-0.39, 0.29) is 0 Å². The maximum atomic E-state index is 6.09. The molecule has 0 radical (unpaired) electrons. The van der Waals surface area contributed by atoms with Crippen LogP contribution in [-0.2, 0) is 17.8 Å². The van der Waals surface area contributed by atoms with Gasteiger partial charge < -0.3 is 19.7 Å². The summed E-state index contributed by atoms with van der Waals surface area (Å²) in [4.78, 5) is 8.93. The van der Waals surface area contributed by atoms with Crippen LogP contribution in [0.1, 0.15) is 11.1 Å². The highest BCUT2D eigenvalue weighted by molar-refractivity contribution is 5.79. The highest BCUT2D eigenvalue weighted by atomic mass is 16.5. The Morgan fingerprint density at radius 2 is 1.83 bits per heavy atom. The van der Waals surface area contributed by atoms with Gasteiger partial charge in [0.2, 0.25) is 0 Å². The lowest BCUT2D eigenvalue weighted by atomic mass is 10.2. The van der Waals surface area contributed by atoms with E-state index in [2.05, 4.69) is 50.4 Å². The quantitative estimate of drug-likeness (QED) is 0.549. The van der Waals surface area contributed by atoms with Crippen molar-refractivity contribution >= 4 is 5.96 Å². The van der Waals surface area contributed by atoms with Crippen LogP contribution in [-0.4, -0.2) is 69.3 Å². The molecule has 0 aliphatic carbocycles. The number of hydrogen-bond acceptors (Lipinski definition) is 4. The largest absolute Gasteiger partial charge is 0.492 e. The van der Waals surface area contributed by atoms with Gasteiger partial charge in [-0.1, -0.05) is 48.5 Å². The molecule has 0 saturated carbocycles. The topological polar surface area (TPSA) is 49.3 Å². The molecule has 1 heterocycles. The van der Waals surface area contributed by atoms with E-state index in [1.165, 1.54) is 5.56 Å². The van der Waals surface area contributed by atoms with E-state index in [0.29, 0.717) is 13.2 Å². The first-order chi connectivity index (χ1) is 14.3. The number of hydrogen-bond donors (Lipinski definition) is 1. The standard InChI is InChI=1S/C23H32N4O2/c1-24-23(26(2)19-20-8-4-3-5-9-20)25-18-21-10-6-7-11-22(21)29-17-14-27-12-15-28-16-13-27/h3-11H,12-19H2,1-2H3,(H,24,25). The first kappa shape index (κ1) is 21.1. The van der Waals surface area contributed by atoms with Gasteiger partial charge in [0.25, 0.3) is 0 Å². The summed E-state index contributed by atoms with van der Waals surface area (Å²) >= 11 is 0. The summed E-state index contributed by atoms with van der Waals surface area (Å²) in [6.45, 7) is 6.67. The lowest BCUT2D eigenvalue weighted by molar-refractivity contribution is 0.0322. The van der Waals surface area contributed by atoms with Gasteiger partial charge in [-0.05, 0) is 11.6 Å². The molecule has 2 aromatic carbocycles. The maximum absolute atomic E-state index is 6.09. The van der Waals surface area contributed by atoms with Gasteiger partial charge in [0.1, 0.15) is 12.4 Å². The van der Waals surface area contributed by atoms with E-state index in [4.69, 9.17) is 9.47 Å². The fourth-order valence-corrected chi connectivity index (χ4v) is 3.39. The molecule has 0 amide bonds. The molecular formula is C23H32N4O2. The van der Waals surface area contributed by atoms with Gasteiger partial charge in [0.15, 0.2) is 5.96 Å². The number of ether oxygens (including phenoxy) is 2. The second kappa shape index (κ2) is 11.4. The van der Waals surface area contributed by atoms with Crippen LogP contribution in [0.25, 0.3) is 0 Å². The molecule has 29 heavy (non-hydrogen) atoms. The summed E-state index contributed by atoms with van der Waals surface area (Å²) in [7, 11) is 3.86. The molecule has 0 unspecified atom stereocenters. The number of nitrogens with one attached hydrogen (secondary N) is 1. The molecule has 1 aliphatic rings. The van der Waals surface area contributed by atoms with Gasteiger partial charge in [0, 0.05) is 52.4 Å². The van der Waals surface area contributed by atoms with Gasteiger partial charge in [-0.2, -0.15) is 0 Å². The van der Waals surface area contributed by atoms with Gasteiger partial charge in [-0.15, -0.1) is 0 Å². The summed E-state index contributed by atoms with van der Waals surface area (Å²) in [5, 5.41) is 3.45. The highest BCUT2D eigenvalue weighted by Gasteiger charge is 2.11. The van der Waals surface area contributed by atoms with Crippen molar-refractivity contribution in [2.75, 3.05) is 53.6 Å². The lowest BCUT2D eigenvalue weighted by Crippen LogP contribution is -2.39. The SMILES string of the molecule is CN=C(NCc1ccccc1OCCN1CCOCC1)N(C)Cc1ccccc1. The van der Waals surface area contributed by atoms with E-state index < -0.39 is 0 Å². The summed E-state index contributed by atoms with van der Waals surface area (Å²) < 4.78 is 11.5. The summed E-state index contributed by atoms with van der Waals surface area (Å²) in [6.07, 6.45) is 0. The second-order valence-corrected chi connectivity index (χ2v) is 7.15. The highest BCUT2D eigenvalue weighted by Crippen LogP contribution is 2.18. The molecule has 156 valence electrons. The Morgan fingerprint density at radius 3 is 2.59 bits per heavy atom. The molecule has 6 nitrogen and oxygen atoms in total. The zero-order valence-corrected chi connectivity index (χ0v) is 17.5. The van der Waals surface area contributed by atoms with E-state index in [9.17, 15) is 0 Å². The number of rotatable bonds is 8. The summed E-state index contributed by atoms with van der Waals surface area (Å²) in [6, 6.07) is 18.6. The molecule has 6 heteroatoms. The van der Waals surface area contributed by atoms with Gasteiger partial charge >= 0.3 is 0 Å². The molecule has 0 atom stereocenters. The number of aliphatic imine (C=N–C) groups is 1. The maximum Gasteiger partial charge on any atom is 0.193 e. The molecule has 0 spiro atoms. The zero-order valence-electron chi connectivity index (χ0n) is 17.5. The van der Waals surface area contributed by atoms with Crippen molar-refractivity contribution in [1.29, 1.82) is 0 Å². The Hall–Kier alpha value is -2.57. The Kier molecular flexibility index (Phi) is 8.34. The summed E-state index contributed by atoms with van der Waals surface area (Å²) in [5.74, 6) is 1.78. The van der Waals surface area contributed by atoms with Crippen LogP contribution < -0.4 is 10.1 Å². The third-order valence-electron chi connectivity index (χ3n) is 5.01. The first-order valence-electron chi connectivity index (χ1n) is 10.2. The van der Waals surface area contributed by atoms with Crippen LogP contribution in [0.3, 0.4) is 0 Å². The minimum absolute atomic E-state index is 0.666. The Labute approximate surface area is 174 Å². The van der Waals surface area contributed by atoms with E-state index in [1.54, 1.807) is 0 Å². The molecule has 1 aliphatic heterocycles. The van der Waals surface area contributed by atoms with Crippen molar-refractivity contribution in [1.82, 2.24) is 15.1 Å². The lowest BCUT2D eigenvalue weighted by Gasteiger charge is -2.26. The molecule has 1 N–H and O–H groups in total. The molecular weight excluding hydrogens is 364 g/mol. The van der Waals surface area contributed by atoms with Crippen LogP contribution in [0.4, 0.5) is 0 Å². The number of para-hydroxylation sites is 1. The van der Waals surface area contributed by atoms with Gasteiger partial charge in [-0.3, -0.25) is 9.89 Å². The van der Waals surface area contributed by atoms with Gasteiger partial charge in [-0.25, -0.2) is 0 Å². The number of guanidine groups is 1. The first-order valence-corrected chi connectivity index (χ1v) is 10.2. The zero-order chi connectivity index (χ0) is 20.3. The third-order valence-corrected chi connectivity index (χ3v) is 5.01. The molecule has 1 fully saturated rings. The smallest absolute Gasteiger partial charge is 0.193 e. The number of nitrogens with zero attached hydrogens (tertiary/aromatic N) is 3. The summed E-state index contributed by atoms with van der Waals surface area (Å²) in [5.41, 5.74) is 2.38. The predicted octanol–water partition coefficient (Wildman–Crippen LogP) is 2.61. The fraction of sp³-hybridized carbons (Fsp3) is 0.435. The molecule has 2 aromatic rings. The minimum atomic E-state index is 0.666. The number of benzene rings is 2. The van der Waals surface area contributed by atoms with Crippen LogP contribution in [0.2, 0.25) is 0 Å². The third kappa shape index (κ3) is 6.76. The van der Waals surface area contributed by atoms with Crippen LogP contribution in [0.15, 0.2) is 59.6 Å². The van der Waals surface area contributed by atoms with Crippen molar-refractivity contribution in [3.8, 4) is 5.75 Å². The predicted molar refractivity (Wildman–Crippen MR) is 117 cm³/mol. The monoisotopic (exact) mass is 396 g/mol. The van der Waals surface area contributed by atoms with Crippen molar-refractivity contribution in [3.05, 3.63) is 65.7 Å². The number of morpholine rings is 1.